The van der Waals surface area contributed by atoms with Gasteiger partial charge in [0.15, 0.2) is 6.10 Å². The van der Waals surface area contributed by atoms with Crippen LogP contribution >= 0.6 is 0 Å². The molecule has 3 rings (SSSR count). The van der Waals surface area contributed by atoms with Crippen LogP contribution in [0.1, 0.15) is 17.2 Å². The first-order chi connectivity index (χ1) is 11.0. The number of nitrogens with zero attached hydrogens (tertiary/aromatic N) is 1. The first-order valence-electron chi connectivity index (χ1n) is 7.06. The van der Waals surface area contributed by atoms with E-state index in [1.54, 1.807) is 60.7 Å². The molecule has 2 atom stereocenters. The van der Waals surface area contributed by atoms with Crippen molar-refractivity contribution in [3.05, 3.63) is 71.8 Å². The SMILES string of the molecule is O=C(O)CN1C(=O)OC(c2ccccc2)C1(O)c1ccccc1. The Morgan fingerprint density at radius 1 is 1.09 bits per heavy atom. The van der Waals surface area contributed by atoms with Crippen LogP contribution in [0.2, 0.25) is 0 Å². The molecule has 2 unspecified atom stereocenters. The van der Waals surface area contributed by atoms with Crippen LogP contribution in [0.4, 0.5) is 4.79 Å². The summed E-state index contributed by atoms with van der Waals surface area (Å²) >= 11 is 0. The van der Waals surface area contributed by atoms with Gasteiger partial charge < -0.3 is 14.9 Å². The van der Waals surface area contributed by atoms with Crippen molar-refractivity contribution in [3.63, 3.8) is 0 Å². The first kappa shape index (κ1) is 15.1. The van der Waals surface area contributed by atoms with E-state index in [0.717, 1.165) is 4.90 Å². The zero-order chi connectivity index (χ0) is 16.4. The molecule has 2 aromatic carbocycles. The maximum Gasteiger partial charge on any atom is 0.413 e. The fourth-order valence-electron chi connectivity index (χ4n) is 2.77. The summed E-state index contributed by atoms with van der Waals surface area (Å²) in [6.45, 7) is -0.659. The highest BCUT2D eigenvalue weighted by Crippen LogP contribution is 2.46. The van der Waals surface area contributed by atoms with Gasteiger partial charge in [-0.25, -0.2) is 4.79 Å². The monoisotopic (exact) mass is 313 g/mol. The molecule has 0 aliphatic carbocycles. The number of carbonyl (C=O) groups excluding carboxylic acids is 1. The number of benzene rings is 2. The molecule has 2 N–H and O–H groups in total. The summed E-state index contributed by atoms with van der Waals surface area (Å²) in [5.41, 5.74) is -0.918. The number of rotatable bonds is 4. The fourth-order valence-corrected chi connectivity index (χ4v) is 2.77. The van der Waals surface area contributed by atoms with Gasteiger partial charge >= 0.3 is 12.1 Å². The van der Waals surface area contributed by atoms with Crippen LogP contribution < -0.4 is 0 Å². The van der Waals surface area contributed by atoms with Crippen molar-refractivity contribution in [3.8, 4) is 0 Å². The number of carboxylic acid groups (broad SMARTS) is 1. The van der Waals surface area contributed by atoms with Crippen LogP contribution in [-0.2, 0) is 15.3 Å². The van der Waals surface area contributed by atoms with Gasteiger partial charge in [-0.15, -0.1) is 0 Å². The smallest absolute Gasteiger partial charge is 0.413 e. The van der Waals surface area contributed by atoms with Gasteiger partial charge in [-0.3, -0.25) is 9.69 Å². The van der Waals surface area contributed by atoms with Crippen molar-refractivity contribution < 1.29 is 24.5 Å². The van der Waals surface area contributed by atoms with E-state index in [4.69, 9.17) is 9.84 Å². The third kappa shape index (κ3) is 2.53. The van der Waals surface area contributed by atoms with Crippen molar-refractivity contribution in [2.75, 3.05) is 6.54 Å². The molecule has 0 aromatic heterocycles. The van der Waals surface area contributed by atoms with Gasteiger partial charge in [-0.1, -0.05) is 60.7 Å². The van der Waals surface area contributed by atoms with E-state index in [9.17, 15) is 14.7 Å². The lowest BCUT2D eigenvalue weighted by atomic mass is 9.91. The lowest BCUT2D eigenvalue weighted by Crippen LogP contribution is -2.47. The second-order valence-corrected chi connectivity index (χ2v) is 5.25. The quantitative estimate of drug-likeness (QED) is 0.902. The molecular formula is C17H15NO5. The van der Waals surface area contributed by atoms with Crippen LogP contribution in [0.5, 0.6) is 0 Å². The third-order valence-corrected chi connectivity index (χ3v) is 3.81. The molecule has 0 saturated carbocycles. The minimum absolute atomic E-state index is 0.390. The summed E-state index contributed by atoms with van der Waals surface area (Å²) in [4.78, 5) is 24.1. The van der Waals surface area contributed by atoms with Crippen molar-refractivity contribution in [1.29, 1.82) is 0 Å². The second kappa shape index (κ2) is 5.73. The molecular weight excluding hydrogens is 298 g/mol. The van der Waals surface area contributed by atoms with Crippen molar-refractivity contribution in [1.82, 2.24) is 4.90 Å². The Balaban J connectivity index is 2.13. The molecule has 1 amide bonds. The molecule has 6 heteroatoms. The maximum absolute atomic E-state index is 12.2. The summed E-state index contributed by atoms with van der Waals surface area (Å²) in [5, 5.41) is 20.3. The first-order valence-corrected chi connectivity index (χ1v) is 7.06. The van der Waals surface area contributed by atoms with Crippen LogP contribution in [0, 0.1) is 0 Å². The number of carbonyl (C=O) groups is 2. The summed E-state index contributed by atoms with van der Waals surface area (Å²) in [7, 11) is 0. The van der Waals surface area contributed by atoms with E-state index < -0.39 is 30.4 Å². The zero-order valence-corrected chi connectivity index (χ0v) is 12.1. The van der Waals surface area contributed by atoms with Gasteiger partial charge in [-0.05, 0) is 5.56 Å². The van der Waals surface area contributed by atoms with Crippen LogP contribution in [0.25, 0.3) is 0 Å². The molecule has 1 aliphatic heterocycles. The van der Waals surface area contributed by atoms with Crippen LogP contribution in [0.15, 0.2) is 60.7 Å². The third-order valence-electron chi connectivity index (χ3n) is 3.81. The van der Waals surface area contributed by atoms with Gasteiger partial charge in [-0.2, -0.15) is 0 Å². The lowest BCUT2D eigenvalue weighted by Gasteiger charge is -2.33. The number of aliphatic hydroxyl groups is 1. The predicted octanol–water partition coefficient (Wildman–Crippen LogP) is 2.11. The van der Waals surface area contributed by atoms with Crippen molar-refractivity contribution in [2.24, 2.45) is 0 Å². The Hall–Kier alpha value is -2.86. The highest BCUT2D eigenvalue weighted by Gasteiger charge is 2.56. The number of ether oxygens (including phenoxy) is 1. The summed E-state index contributed by atoms with van der Waals surface area (Å²) < 4.78 is 5.30. The summed E-state index contributed by atoms with van der Waals surface area (Å²) in [6.07, 6.45) is -1.88. The van der Waals surface area contributed by atoms with E-state index in [1.807, 2.05) is 0 Å². The molecule has 6 nitrogen and oxygen atoms in total. The molecule has 0 radical (unpaired) electrons. The summed E-state index contributed by atoms with van der Waals surface area (Å²) in [5.74, 6) is -1.23. The Morgan fingerprint density at radius 2 is 1.65 bits per heavy atom. The zero-order valence-electron chi connectivity index (χ0n) is 12.1. The minimum Gasteiger partial charge on any atom is -0.480 e. The van der Waals surface area contributed by atoms with E-state index >= 15 is 0 Å². The van der Waals surface area contributed by atoms with Gasteiger partial charge in [0.1, 0.15) is 6.54 Å². The molecule has 0 bridgehead atoms. The number of hydrogen-bond donors (Lipinski definition) is 2. The average molecular weight is 313 g/mol. The van der Waals surface area contributed by atoms with Crippen molar-refractivity contribution in [2.45, 2.75) is 11.8 Å². The van der Waals surface area contributed by atoms with E-state index in [2.05, 4.69) is 0 Å². The van der Waals surface area contributed by atoms with Gasteiger partial charge in [0, 0.05) is 5.56 Å². The molecule has 23 heavy (non-hydrogen) atoms. The Kier molecular flexibility index (Phi) is 3.75. The standard InChI is InChI=1S/C17H15NO5/c19-14(20)11-18-16(21)23-15(12-7-3-1-4-8-12)17(18,22)13-9-5-2-6-10-13/h1-10,15,22H,11H2,(H,19,20). The van der Waals surface area contributed by atoms with Gasteiger partial charge in [0.2, 0.25) is 5.72 Å². The van der Waals surface area contributed by atoms with E-state index in [1.165, 1.54) is 0 Å². The largest absolute Gasteiger partial charge is 0.480 e. The molecule has 118 valence electrons. The molecule has 1 fully saturated rings. The molecule has 2 aromatic rings. The predicted molar refractivity (Wildman–Crippen MR) is 80.3 cm³/mol. The van der Waals surface area contributed by atoms with Crippen LogP contribution in [0.3, 0.4) is 0 Å². The van der Waals surface area contributed by atoms with Gasteiger partial charge in [0.05, 0.1) is 0 Å². The van der Waals surface area contributed by atoms with Crippen molar-refractivity contribution >= 4 is 12.1 Å². The maximum atomic E-state index is 12.2. The topological polar surface area (TPSA) is 87.1 Å². The Bertz CT molecular complexity index is 718. The average Bonchev–Trinajstić information content (AvgIpc) is 2.82. The minimum atomic E-state index is -1.89. The number of carboxylic acids is 1. The molecule has 1 aliphatic rings. The summed E-state index contributed by atoms with van der Waals surface area (Å²) in [6, 6.07) is 17.2. The molecule has 1 saturated heterocycles. The normalized spacial score (nSPS) is 23.6. The van der Waals surface area contributed by atoms with Gasteiger partial charge in [0.25, 0.3) is 0 Å². The fraction of sp³-hybridized carbons (Fsp3) is 0.176. The Morgan fingerprint density at radius 3 is 2.22 bits per heavy atom. The number of hydrogen-bond acceptors (Lipinski definition) is 4. The Labute approximate surface area is 132 Å². The van der Waals surface area contributed by atoms with E-state index in [0.29, 0.717) is 11.1 Å². The van der Waals surface area contributed by atoms with E-state index in [-0.39, 0.29) is 0 Å². The second-order valence-electron chi connectivity index (χ2n) is 5.25. The molecule has 0 spiro atoms. The number of amides is 1. The highest BCUT2D eigenvalue weighted by atomic mass is 16.6. The number of cyclic esters (lactones) is 1. The number of aliphatic carboxylic acids is 1. The lowest BCUT2D eigenvalue weighted by molar-refractivity contribution is -0.148. The highest BCUT2D eigenvalue weighted by molar-refractivity contribution is 5.79. The molecule has 1 heterocycles. The van der Waals surface area contributed by atoms with Crippen LogP contribution in [-0.4, -0.2) is 33.7 Å².